The average Bonchev–Trinajstić information content (AvgIpc) is 3.12. The number of nitrogens with zero attached hydrogens (tertiary/aromatic N) is 1. The minimum absolute atomic E-state index is 0.186. The van der Waals surface area contributed by atoms with Gasteiger partial charge in [0.05, 0.1) is 11.0 Å². The Balaban J connectivity index is 1.82. The molecule has 0 spiro atoms. The molecule has 0 bridgehead atoms. The maximum atomic E-state index is 12.1. The summed E-state index contributed by atoms with van der Waals surface area (Å²) in [6.07, 6.45) is 1.62. The maximum Gasteiger partial charge on any atom is 0.261 e. The molecule has 1 fully saturated rings. The highest BCUT2D eigenvalue weighted by atomic mass is 32.1. The number of rotatable bonds is 6. The summed E-state index contributed by atoms with van der Waals surface area (Å²) in [6.45, 7) is 1.98. The molecule has 0 aliphatic heterocycles. The van der Waals surface area contributed by atoms with E-state index in [4.69, 9.17) is 0 Å². The largest absolute Gasteiger partial charge is 0.391 e. The van der Waals surface area contributed by atoms with Crippen molar-refractivity contribution in [2.24, 2.45) is 5.92 Å². The second-order valence-corrected chi connectivity index (χ2v) is 6.24. The van der Waals surface area contributed by atoms with Gasteiger partial charge in [0.15, 0.2) is 0 Å². The smallest absolute Gasteiger partial charge is 0.261 e. The number of nitrogens with one attached hydrogen (secondary N) is 1. The highest BCUT2D eigenvalue weighted by molar-refractivity contribution is 7.12. The normalized spacial score (nSPS) is 17.4. The lowest BCUT2D eigenvalue weighted by Crippen LogP contribution is -2.47. The molecular formula is C14H20N2O3S. The standard InChI is InChI=1S/C14H20N2O3S/c1-9(15-13(18)12-4-3-7-20-12)14(19)16(2)8-11(17)10-5-6-10/h3-4,7,9-11,17H,5-6,8H2,1-2H3,(H,15,18). The Morgan fingerprint density at radius 1 is 1.55 bits per heavy atom. The van der Waals surface area contributed by atoms with Crippen molar-refractivity contribution >= 4 is 23.2 Å². The molecule has 1 aliphatic carbocycles. The van der Waals surface area contributed by atoms with Crippen LogP contribution in [0.2, 0.25) is 0 Å². The topological polar surface area (TPSA) is 69.6 Å². The van der Waals surface area contributed by atoms with E-state index < -0.39 is 12.1 Å². The molecule has 2 rings (SSSR count). The molecule has 1 aliphatic rings. The van der Waals surface area contributed by atoms with E-state index in [-0.39, 0.29) is 11.8 Å². The molecule has 2 atom stereocenters. The van der Waals surface area contributed by atoms with Crippen molar-refractivity contribution in [3.05, 3.63) is 22.4 Å². The Morgan fingerprint density at radius 2 is 2.25 bits per heavy atom. The van der Waals surface area contributed by atoms with Gasteiger partial charge in [0, 0.05) is 13.6 Å². The van der Waals surface area contributed by atoms with Crippen molar-refractivity contribution in [3.8, 4) is 0 Å². The van der Waals surface area contributed by atoms with Crippen LogP contribution in [-0.4, -0.2) is 47.6 Å². The second-order valence-electron chi connectivity index (χ2n) is 5.30. The van der Waals surface area contributed by atoms with Gasteiger partial charge in [-0.25, -0.2) is 0 Å². The molecule has 2 unspecified atom stereocenters. The Bertz CT molecular complexity index is 471. The first-order valence-electron chi connectivity index (χ1n) is 6.76. The SMILES string of the molecule is CC(NC(=O)c1cccs1)C(=O)N(C)CC(O)C1CC1. The highest BCUT2D eigenvalue weighted by Gasteiger charge is 2.32. The summed E-state index contributed by atoms with van der Waals surface area (Å²) in [5, 5.41) is 14.3. The van der Waals surface area contributed by atoms with E-state index in [1.54, 1.807) is 26.1 Å². The minimum atomic E-state index is -0.596. The summed E-state index contributed by atoms with van der Waals surface area (Å²) >= 11 is 1.34. The molecule has 1 heterocycles. The molecule has 0 aromatic carbocycles. The van der Waals surface area contributed by atoms with Gasteiger partial charge in [-0.05, 0) is 37.1 Å². The molecular weight excluding hydrogens is 276 g/mol. The minimum Gasteiger partial charge on any atom is -0.391 e. The van der Waals surface area contributed by atoms with Crippen LogP contribution in [0.1, 0.15) is 29.4 Å². The molecule has 5 nitrogen and oxygen atoms in total. The van der Waals surface area contributed by atoms with Crippen molar-refractivity contribution in [3.63, 3.8) is 0 Å². The number of thiophene rings is 1. The monoisotopic (exact) mass is 296 g/mol. The third kappa shape index (κ3) is 3.80. The quantitative estimate of drug-likeness (QED) is 0.826. The highest BCUT2D eigenvalue weighted by Crippen LogP contribution is 2.32. The zero-order chi connectivity index (χ0) is 14.7. The van der Waals surface area contributed by atoms with Crippen LogP contribution in [0.5, 0.6) is 0 Å². The second kappa shape index (κ2) is 6.37. The molecule has 1 aromatic heterocycles. The van der Waals surface area contributed by atoms with Crippen LogP contribution in [-0.2, 0) is 4.79 Å². The van der Waals surface area contributed by atoms with Gasteiger partial charge in [-0.3, -0.25) is 9.59 Å². The van der Waals surface area contributed by atoms with Gasteiger partial charge in [0.2, 0.25) is 5.91 Å². The van der Waals surface area contributed by atoms with Crippen LogP contribution < -0.4 is 5.32 Å². The van der Waals surface area contributed by atoms with Gasteiger partial charge < -0.3 is 15.3 Å². The van der Waals surface area contributed by atoms with E-state index in [0.29, 0.717) is 17.3 Å². The first kappa shape index (κ1) is 15.0. The van der Waals surface area contributed by atoms with Crippen LogP contribution in [0.3, 0.4) is 0 Å². The fraction of sp³-hybridized carbons (Fsp3) is 0.571. The first-order valence-corrected chi connectivity index (χ1v) is 7.64. The zero-order valence-electron chi connectivity index (χ0n) is 11.7. The van der Waals surface area contributed by atoms with Crippen molar-refractivity contribution in [2.75, 3.05) is 13.6 Å². The summed E-state index contributed by atoms with van der Waals surface area (Å²) in [5.41, 5.74) is 0. The maximum absolute atomic E-state index is 12.1. The van der Waals surface area contributed by atoms with Crippen molar-refractivity contribution in [1.82, 2.24) is 10.2 Å². The average molecular weight is 296 g/mol. The Morgan fingerprint density at radius 3 is 2.80 bits per heavy atom. The van der Waals surface area contributed by atoms with Crippen LogP contribution in [0.15, 0.2) is 17.5 Å². The molecule has 2 N–H and O–H groups in total. The van der Waals surface area contributed by atoms with Gasteiger partial charge in [-0.15, -0.1) is 11.3 Å². The van der Waals surface area contributed by atoms with E-state index in [2.05, 4.69) is 5.32 Å². The van der Waals surface area contributed by atoms with Crippen molar-refractivity contribution < 1.29 is 14.7 Å². The number of hydrogen-bond donors (Lipinski definition) is 2. The number of aliphatic hydroxyl groups is 1. The lowest BCUT2D eigenvalue weighted by Gasteiger charge is -2.24. The van der Waals surface area contributed by atoms with Crippen LogP contribution >= 0.6 is 11.3 Å². The number of carbonyl (C=O) groups excluding carboxylic acids is 2. The summed E-state index contributed by atoms with van der Waals surface area (Å²) in [7, 11) is 1.65. The molecule has 6 heteroatoms. The van der Waals surface area contributed by atoms with E-state index in [1.807, 2.05) is 5.38 Å². The summed E-state index contributed by atoms with van der Waals surface area (Å²) < 4.78 is 0. The molecule has 2 amide bonds. The fourth-order valence-electron chi connectivity index (χ4n) is 2.07. The Labute approximate surface area is 122 Å². The number of amides is 2. The van der Waals surface area contributed by atoms with E-state index >= 15 is 0 Å². The van der Waals surface area contributed by atoms with E-state index in [0.717, 1.165) is 12.8 Å². The summed E-state index contributed by atoms with van der Waals surface area (Å²) in [6, 6.07) is 2.92. The summed E-state index contributed by atoms with van der Waals surface area (Å²) in [4.78, 5) is 26.1. The lowest BCUT2D eigenvalue weighted by molar-refractivity contribution is -0.132. The van der Waals surface area contributed by atoms with Crippen LogP contribution in [0, 0.1) is 5.92 Å². The van der Waals surface area contributed by atoms with E-state index in [1.165, 1.54) is 16.2 Å². The molecule has 0 radical (unpaired) electrons. The van der Waals surface area contributed by atoms with Gasteiger partial charge in [0.25, 0.3) is 5.91 Å². The van der Waals surface area contributed by atoms with Crippen LogP contribution in [0.25, 0.3) is 0 Å². The van der Waals surface area contributed by atoms with Crippen LogP contribution in [0.4, 0.5) is 0 Å². The third-order valence-electron chi connectivity index (χ3n) is 3.47. The molecule has 0 saturated heterocycles. The lowest BCUT2D eigenvalue weighted by atomic mass is 10.2. The zero-order valence-corrected chi connectivity index (χ0v) is 12.5. The van der Waals surface area contributed by atoms with Gasteiger partial charge in [-0.1, -0.05) is 6.07 Å². The van der Waals surface area contributed by atoms with Crippen molar-refractivity contribution in [1.29, 1.82) is 0 Å². The number of hydrogen-bond acceptors (Lipinski definition) is 4. The Kier molecular flexibility index (Phi) is 4.77. The Hall–Kier alpha value is -1.40. The van der Waals surface area contributed by atoms with Gasteiger partial charge in [-0.2, -0.15) is 0 Å². The first-order chi connectivity index (χ1) is 9.49. The molecule has 20 heavy (non-hydrogen) atoms. The predicted octanol–water partition coefficient (Wildman–Crippen LogP) is 1.10. The number of likely N-dealkylation sites (N-methyl/N-ethyl adjacent to an activating group) is 1. The van der Waals surface area contributed by atoms with Crippen molar-refractivity contribution in [2.45, 2.75) is 31.9 Å². The van der Waals surface area contributed by atoms with Gasteiger partial charge >= 0.3 is 0 Å². The predicted molar refractivity (Wildman–Crippen MR) is 77.6 cm³/mol. The molecule has 1 aromatic rings. The fourth-order valence-corrected chi connectivity index (χ4v) is 2.70. The van der Waals surface area contributed by atoms with E-state index in [9.17, 15) is 14.7 Å². The van der Waals surface area contributed by atoms with Gasteiger partial charge in [0.1, 0.15) is 6.04 Å². The molecule has 110 valence electrons. The third-order valence-corrected chi connectivity index (χ3v) is 4.33. The number of aliphatic hydroxyl groups excluding tert-OH is 1. The molecule has 1 saturated carbocycles. The number of carbonyl (C=O) groups is 2. The summed E-state index contributed by atoms with van der Waals surface area (Å²) in [5.74, 6) is -0.0899.